The van der Waals surface area contributed by atoms with E-state index < -0.39 is 115 Å². The van der Waals surface area contributed by atoms with Crippen LogP contribution in [0, 0.1) is 24.2 Å². The summed E-state index contributed by atoms with van der Waals surface area (Å²) in [6.07, 6.45) is -5.40. The Hall–Kier alpha value is -4.88. The minimum Gasteiger partial charge on any atom is -0.344 e. The number of hydrogen-bond acceptors (Lipinski definition) is 7. The molecule has 2 aromatic rings. The van der Waals surface area contributed by atoms with Gasteiger partial charge in [-0.25, -0.2) is 13.2 Å². The number of amides is 6. The highest BCUT2D eigenvalue weighted by molar-refractivity contribution is 6.30. The van der Waals surface area contributed by atoms with Gasteiger partial charge in [0.05, 0.1) is 12.7 Å². The number of aromatic nitrogens is 2. The maximum atomic E-state index is 14.9. The zero-order valence-electron chi connectivity index (χ0n) is 40.3. The van der Waals surface area contributed by atoms with E-state index in [0.29, 0.717) is 54.1 Å². The van der Waals surface area contributed by atoms with Gasteiger partial charge in [-0.05, 0) is 74.1 Å². The van der Waals surface area contributed by atoms with E-state index in [4.69, 9.17) is 11.6 Å². The fraction of sp³-hybridized carbons (Fsp3) is 0.688. The lowest BCUT2D eigenvalue weighted by Crippen LogP contribution is -2.65. The smallest absolute Gasteiger partial charge is 0.344 e. The average molecular weight is 1000 g/mol. The second-order valence-corrected chi connectivity index (χ2v) is 20.6. The van der Waals surface area contributed by atoms with Gasteiger partial charge in [0.2, 0.25) is 35.4 Å². The number of carbonyl (C=O) groups is 6. The molecule has 2 aliphatic carbocycles. The van der Waals surface area contributed by atoms with Crippen LogP contribution in [-0.4, -0.2) is 148 Å². The summed E-state index contributed by atoms with van der Waals surface area (Å²) in [5, 5.41) is 10.3. The summed E-state index contributed by atoms with van der Waals surface area (Å²) in [4.78, 5) is 90.2. The molecule has 14 nitrogen and oxygen atoms in total. The monoisotopic (exact) mass is 998 g/mol. The van der Waals surface area contributed by atoms with Gasteiger partial charge in [0, 0.05) is 76.7 Å². The Kier molecular flexibility index (Phi) is 16.4. The topological polar surface area (TPSA) is 157 Å². The lowest BCUT2D eigenvalue weighted by molar-refractivity contribution is -0.299. The van der Waals surface area contributed by atoms with Gasteiger partial charge in [0.25, 0.3) is 5.92 Å². The average Bonchev–Trinajstić information content (AvgIpc) is 3.96. The summed E-state index contributed by atoms with van der Waals surface area (Å²) in [7, 11) is 6.41. The predicted molar refractivity (Wildman–Crippen MR) is 244 cm³/mol. The van der Waals surface area contributed by atoms with Crippen molar-refractivity contribution in [2.75, 3.05) is 34.2 Å². The number of halogens is 7. The molecule has 0 radical (unpaired) electrons. The van der Waals surface area contributed by atoms with Crippen molar-refractivity contribution in [3.8, 4) is 11.1 Å². The van der Waals surface area contributed by atoms with Crippen molar-refractivity contribution >= 4 is 47.0 Å². The molecule has 69 heavy (non-hydrogen) atoms. The number of nitrogens with zero attached hydrogens (tertiary/aromatic N) is 6. The van der Waals surface area contributed by atoms with Crippen molar-refractivity contribution in [2.24, 2.45) is 24.3 Å². The second kappa shape index (κ2) is 21.2. The van der Waals surface area contributed by atoms with Crippen LogP contribution >= 0.6 is 11.6 Å². The van der Waals surface area contributed by atoms with Gasteiger partial charge in [-0.15, -0.1) is 0 Å². The van der Waals surface area contributed by atoms with Crippen molar-refractivity contribution in [1.82, 2.24) is 40.0 Å². The third kappa shape index (κ3) is 11.8. The molecule has 6 atom stereocenters. The quantitative estimate of drug-likeness (QED) is 0.247. The minimum absolute atomic E-state index is 0.0734. The van der Waals surface area contributed by atoms with Crippen LogP contribution in [0.1, 0.15) is 102 Å². The Morgan fingerprint density at radius 1 is 0.971 bits per heavy atom. The first-order chi connectivity index (χ1) is 32.3. The molecule has 0 bridgehead atoms. The molecule has 4 fully saturated rings. The van der Waals surface area contributed by atoms with Crippen LogP contribution in [-0.2, 0) is 42.2 Å². The number of likely N-dealkylation sites (tertiary alicyclic amines) is 1. The van der Waals surface area contributed by atoms with Crippen molar-refractivity contribution < 1.29 is 55.1 Å². The molecule has 6 rings (SSSR count). The fourth-order valence-corrected chi connectivity index (χ4v) is 10.3. The zero-order valence-corrected chi connectivity index (χ0v) is 41.1. The van der Waals surface area contributed by atoms with Crippen LogP contribution in [0.3, 0.4) is 0 Å². The molecule has 1 aromatic heterocycles. The Bertz CT molecular complexity index is 2250. The summed E-state index contributed by atoms with van der Waals surface area (Å²) in [5.74, 6) is -9.56. The molecule has 382 valence electrons. The molecule has 0 unspecified atom stereocenters. The summed E-state index contributed by atoms with van der Waals surface area (Å²) in [5.41, 5.74) is -0.303. The lowest BCUT2D eigenvalue weighted by atomic mass is 9.64. The summed E-state index contributed by atoms with van der Waals surface area (Å²) < 4.78 is 87.2. The third-order valence-electron chi connectivity index (χ3n) is 14.4. The highest BCUT2D eigenvalue weighted by Gasteiger charge is 2.75. The Morgan fingerprint density at radius 3 is 2.22 bits per heavy atom. The third-order valence-corrected chi connectivity index (χ3v) is 14.7. The van der Waals surface area contributed by atoms with Crippen LogP contribution in [0.5, 0.6) is 0 Å². The van der Waals surface area contributed by atoms with E-state index in [-0.39, 0.29) is 31.1 Å². The molecule has 2 N–H and O–H groups in total. The fourth-order valence-electron chi connectivity index (χ4n) is 10.1. The van der Waals surface area contributed by atoms with Crippen LogP contribution in [0.15, 0.2) is 24.4 Å². The minimum atomic E-state index is -5.40. The van der Waals surface area contributed by atoms with E-state index in [1.54, 1.807) is 35.0 Å². The van der Waals surface area contributed by atoms with Crippen LogP contribution in [0.2, 0.25) is 5.02 Å². The molecule has 2 aliphatic heterocycles. The van der Waals surface area contributed by atoms with Gasteiger partial charge in [0.15, 0.2) is 5.41 Å². The number of carbonyl (C=O) groups excluding carboxylic acids is 6. The Labute approximate surface area is 404 Å². The van der Waals surface area contributed by atoms with E-state index in [9.17, 15) is 55.1 Å². The number of nitrogens with one attached hydrogen (secondary N) is 2. The Balaban J connectivity index is 1.25. The molecule has 6 amide bonds. The number of benzene rings is 1. The van der Waals surface area contributed by atoms with Crippen molar-refractivity contribution in [2.45, 2.75) is 153 Å². The highest BCUT2D eigenvalue weighted by atomic mass is 35.5. The zero-order chi connectivity index (χ0) is 50.9. The van der Waals surface area contributed by atoms with Gasteiger partial charge in [-0.3, -0.25) is 33.4 Å². The van der Waals surface area contributed by atoms with Crippen LogP contribution in [0.25, 0.3) is 11.1 Å². The predicted octanol–water partition coefficient (Wildman–Crippen LogP) is 6.40. The number of hydrogen-bond donors (Lipinski definition) is 2. The molecule has 2 saturated heterocycles. The van der Waals surface area contributed by atoms with E-state index in [1.165, 1.54) is 23.9 Å². The van der Waals surface area contributed by atoms with E-state index in [0.717, 1.165) is 29.7 Å². The van der Waals surface area contributed by atoms with Crippen molar-refractivity contribution in [3.05, 3.63) is 40.7 Å². The molecule has 21 heteroatoms. The molecule has 1 aromatic carbocycles. The Morgan fingerprint density at radius 2 is 1.62 bits per heavy atom. The van der Waals surface area contributed by atoms with Crippen LogP contribution in [0.4, 0.5) is 26.3 Å². The van der Waals surface area contributed by atoms with E-state index in [2.05, 4.69) is 15.7 Å². The molecular formula is C48H65ClF6N8O6. The maximum Gasteiger partial charge on any atom is 0.403 e. The number of aryl methyl sites for hydroxylation is 1. The van der Waals surface area contributed by atoms with Crippen molar-refractivity contribution in [1.29, 1.82) is 0 Å². The van der Waals surface area contributed by atoms with E-state index in [1.807, 2.05) is 33.9 Å². The van der Waals surface area contributed by atoms with Gasteiger partial charge < -0.3 is 30.2 Å². The largest absolute Gasteiger partial charge is 0.403 e. The van der Waals surface area contributed by atoms with Gasteiger partial charge in [-0.1, -0.05) is 57.2 Å². The molecule has 2 saturated carbocycles. The molecule has 3 heterocycles. The first-order valence-electron chi connectivity index (χ1n) is 23.8. The highest BCUT2D eigenvalue weighted by Crippen LogP contribution is 2.61. The summed E-state index contributed by atoms with van der Waals surface area (Å²) in [6, 6.07) is -1.15. The maximum absolute atomic E-state index is 14.9. The van der Waals surface area contributed by atoms with Crippen LogP contribution < -0.4 is 10.6 Å². The molecule has 4 aliphatic rings. The number of likely N-dealkylation sites (N-methyl/N-ethyl adjacent to an activating group) is 3. The van der Waals surface area contributed by atoms with Gasteiger partial charge in [-0.2, -0.15) is 18.3 Å². The lowest BCUT2D eigenvalue weighted by Gasteiger charge is -2.48. The van der Waals surface area contributed by atoms with Gasteiger partial charge >= 0.3 is 6.18 Å². The summed E-state index contributed by atoms with van der Waals surface area (Å²) >= 11 is 6.55. The van der Waals surface area contributed by atoms with Crippen molar-refractivity contribution in [3.63, 3.8) is 0 Å². The first kappa shape index (κ1) is 53.5. The standard InChI is InChI=1S/C48H65ClF6N8O6/c1-27(2)19-35-42(66)61(6)38(21-30-20-31(49)16-17-33(30)34-23-56-62(7)28(34)3)43(67)59(4)18-12-10-8-9-11-13-36(40(64)57-35)60(5)44(68)39(29-14-15-29)58-41(65)37-22-32(50)24-63(37)45(69)46(48(53,54)55)25-47(51,52)26-46/h16-17,20,23,27,29,32,35-39H,8-15,18-19,21-22,24-26H2,1-7H3,(H,57,64)(H,58,65)/t32-,35+,36+,37+,38+,39+/m1/s1. The number of rotatable bonds is 11. The van der Waals surface area contributed by atoms with Gasteiger partial charge in [0.1, 0.15) is 36.4 Å². The normalized spacial score (nSPS) is 25.6. The molecular weight excluding hydrogens is 934 g/mol. The molecule has 0 spiro atoms. The first-order valence-corrected chi connectivity index (χ1v) is 24.2. The summed E-state index contributed by atoms with van der Waals surface area (Å²) in [6.45, 7) is 5.15. The SMILES string of the molecule is Cc1c(-c2ccc(Cl)cc2C[C@H]2C(=O)N(C)CCCCCCC[C@H](N(C)C(=O)[C@@H](NC(=O)[C@@H]3C[C@@H](F)CN3C(=O)C3(C(F)(F)F)CC(F)(F)C3)C3CC3)C(=O)N[C@@H](CC(C)C)C(=O)N2C)cnn1C. The second-order valence-electron chi connectivity index (χ2n) is 20.1. The van der Waals surface area contributed by atoms with E-state index >= 15 is 0 Å². The number of alkyl halides is 6.